The first kappa shape index (κ1) is 19.9. The lowest BCUT2D eigenvalue weighted by Gasteiger charge is -2.34. The number of ether oxygens (including phenoxy) is 1. The molecule has 0 unspecified atom stereocenters. The molecule has 0 heterocycles. The largest absolute Gasteiger partial charge is 0.426 e. The molecule has 0 aliphatic rings. The summed E-state index contributed by atoms with van der Waals surface area (Å²) in [5.74, 6) is -9.97. The molecular formula is C6Cl3F9O2. The van der Waals surface area contributed by atoms with E-state index in [-0.39, 0.29) is 0 Å². The first-order valence-electron chi connectivity index (χ1n) is 3.88. The van der Waals surface area contributed by atoms with E-state index in [4.69, 9.17) is 0 Å². The fourth-order valence-electron chi connectivity index (χ4n) is 0.664. The van der Waals surface area contributed by atoms with Gasteiger partial charge in [0.05, 0.1) is 0 Å². The Labute approximate surface area is 118 Å². The van der Waals surface area contributed by atoms with Gasteiger partial charge in [0.2, 0.25) is 0 Å². The summed E-state index contributed by atoms with van der Waals surface area (Å²) < 4.78 is 114. The molecule has 0 aromatic rings. The number of alkyl halides is 12. The lowest BCUT2D eigenvalue weighted by atomic mass is 10.3. The molecule has 0 rings (SSSR count). The summed E-state index contributed by atoms with van der Waals surface area (Å²) in [4.78, 5) is 10.3. The second-order valence-electron chi connectivity index (χ2n) is 3.04. The van der Waals surface area contributed by atoms with Gasteiger partial charge in [-0.3, -0.25) is 9.53 Å². The third-order valence-electron chi connectivity index (χ3n) is 1.52. The first-order valence-corrected chi connectivity index (χ1v) is 5.01. The highest BCUT2D eigenvalue weighted by Gasteiger charge is 2.75. The van der Waals surface area contributed by atoms with Crippen molar-refractivity contribution in [3.05, 3.63) is 0 Å². The molecule has 0 bridgehead atoms. The molecule has 0 saturated heterocycles. The van der Waals surface area contributed by atoms with Crippen LogP contribution in [0.5, 0.6) is 0 Å². The molecule has 0 aromatic heterocycles. The SMILES string of the molecule is O=C(C(F)(F)Cl)C(F)(F)OC(F)(C(F)(F)Cl)C(F)(F)Cl. The van der Waals surface area contributed by atoms with Crippen LogP contribution in [0.25, 0.3) is 0 Å². The van der Waals surface area contributed by atoms with Crippen molar-refractivity contribution in [1.82, 2.24) is 0 Å². The number of rotatable bonds is 6. The molecular weight excluding hydrogens is 381 g/mol. The molecule has 0 aromatic carbocycles. The van der Waals surface area contributed by atoms with E-state index < -0.39 is 33.9 Å². The van der Waals surface area contributed by atoms with Crippen molar-refractivity contribution in [2.45, 2.75) is 28.1 Å². The van der Waals surface area contributed by atoms with Crippen molar-refractivity contribution in [3.8, 4) is 0 Å². The van der Waals surface area contributed by atoms with Crippen molar-refractivity contribution in [1.29, 1.82) is 0 Å². The zero-order valence-corrected chi connectivity index (χ0v) is 10.6. The van der Waals surface area contributed by atoms with Gasteiger partial charge in [-0.25, -0.2) is 0 Å². The van der Waals surface area contributed by atoms with E-state index in [0.29, 0.717) is 0 Å². The molecule has 20 heavy (non-hydrogen) atoms. The molecule has 0 saturated carbocycles. The molecule has 2 nitrogen and oxygen atoms in total. The molecule has 0 aliphatic heterocycles. The topological polar surface area (TPSA) is 26.3 Å². The zero-order chi connectivity index (χ0) is 16.8. The molecule has 0 aliphatic carbocycles. The number of ketones is 1. The summed E-state index contributed by atoms with van der Waals surface area (Å²) in [6.07, 6.45) is -6.18. The van der Waals surface area contributed by atoms with Crippen LogP contribution in [-0.4, -0.2) is 33.9 Å². The number of halogens is 12. The Balaban J connectivity index is 5.69. The quantitative estimate of drug-likeness (QED) is 0.506. The van der Waals surface area contributed by atoms with Crippen LogP contribution in [0, 0.1) is 0 Å². The fourth-order valence-corrected chi connectivity index (χ4v) is 1.14. The van der Waals surface area contributed by atoms with E-state index in [1.807, 2.05) is 0 Å². The smallest absolute Gasteiger partial charge is 0.281 e. The van der Waals surface area contributed by atoms with Gasteiger partial charge in [0, 0.05) is 0 Å². The minimum atomic E-state index is -6.19. The monoisotopic (exact) mass is 380 g/mol. The second-order valence-corrected chi connectivity index (χ2v) is 4.46. The van der Waals surface area contributed by atoms with Crippen molar-refractivity contribution in [2.75, 3.05) is 0 Å². The number of carbonyl (C=O) groups excluding carboxylic acids is 1. The van der Waals surface area contributed by atoms with Crippen molar-refractivity contribution in [2.24, 2.45) is 0 Å². The Morgan fingerprint density at radius 3 is 1.25 bits per heavy atom. The Hall–Kier alpha value is -0.130. The second kappa shape index (κ2) is 5.25. The maximum Gasteiger partial charge on any atom is 0.426 e. The van der Waals surface area contributed by atoms with Crippen LogP contribution in [0.1, 0.15) is 0 Å². The van der Waals surface area contributed by atoms with Crippen LogP contribution < -0.4 is 0 Å². The lowest BCUT2D eigenvalue weighted by Crippen LogP contribution is -2.59. The molecule has 0 atom stereocenters. The zero-order valence-electron chi connectivity index (χ0n) is 8.35. The third kappa shape index (κ3) is 3.95. The average Bonchev–Trinajstić information content (AvgIpc) is 2.10. The van der Waals surface area contributed by atoms with Gasteiger partial charge in [0.15, 0.2) is 0 Å². The minimum Gasteiger partial charge on any atom is -0.281 e. The van der Waals surface area contributed by atoms with E-state index in [1.54, 1.807) is 0 Å². The molecule has 0 spiro atoms. The Bertz CT molecular complexity index is 369. The van der Waals surface area contributed by atoms with Gasteiger partial charge in [-0.2, -0.15) is 39.5 Å². The van der Waals surface area contributed by atoms with E-state index >= 15 is 0 Å². The predicted octanol–water partition coefficient (Wildman–Crippen LogP) is 4.33. The van der Waals surface area contributed by atoms with Gasteiger partial charge >= 0.3 is 33.9 Å². The summed E-state index contributed by atoms with van der Waals surface area (Å²) in [6.45, 7) is 0. The average molecular weight is 381 g/mol. The number of hydrogen-bond acceptors (Lipinski definition) is 2. The van der Waals surface area contributed by atoms with Crippen LogP contribution in [-0.2, 0) is 9.53 Å². The van der Waals surface area contributed by atoms with Crippen LogP contribution in [0.2, 0.25) is 0 Å². The standard InChI is InChI=1S/C6Cl3F9O2/c7-2(10,11)1(19)3(12,13)20-4(14,5(8,15)16)6(9,17)18. The van der Waals surface area contributed by atoms with Gasteiger partial charge in [-0.15, -0.1) is 0 Å². The van der Waals surface area contributed by atoms with Crippen LogP contribution in [0.4, 0.5) is 39.5 Å². The van der Waals surface area contributed by atoms with Crippen LogP contribution >= 0.6 is 34.8 Å². The summed E-state index contributed by atoms with van der Waals surface area (Å²) in [5, 5.41) is -17.2. The molecule has 14 heteroatoms. The highest BCUT2D eigenvalue weighted by molar-refractivity contribution is 6.33. The lowest BCUT2D eigenvalue weighted by molar-refractivity contribution is -0.391. The Kier molecular flexibility index (Phi) is 5.22. The van der Waals surface area contributed by atoms with Crippen molar-refractivity contribution >= 4 is 40.6 Å². The summed E-state index contributed by atoms with van der Waals surface area (Å²) in [6, 6.07) is 0. The summed E-state index contributed by atoms with van der Waals surface area (Å²) in [7, 11) is 0. The van der Waals surface area contributed by atoms with Gasteiger partial charge in [-0.1, -0.05) is 0 Å². The Morgan fingerprint density at radius 2 is 1.05 bits per heavy atom. The maximum absolute atomic E-state index is 13.1. The van der Waals surface area contributed by atoms with E-state index in [1.165, 1.54) is 0 Å². The summed E-state index contributed by atoms with van der Waals surface area (Å²) in [5.41, 5.74) is 0. The van der Waals surface area contributed by atoms with Gasteiger partial charge in [0.1, 0.15) is 0 Å². The van der Waals surface area contributed by atoms with Gasteiger partial charge in [-0.05, 0) is 34.8 Å². The van der Waals surface area contributed by atoms with Gasteiger partial charge < -0.3 is 0 Å². The first-order chi connectivity index (χ1) is 8.36. The van der Waals surface area contributed by atoms with Crippen LogP contribution in [0.3, 0.4) is 0 Å². The van der Waals surface area contributed by atoms with Crippen LogP contribution in [0.15, 0.2) is 0 Å². The highest BCUT2D eigenvalue weighted by atomic mass is 35.5. The van der Waals surface area contributed by atoms with Crippen molar-refractivity contribution < 1.29 is 49.0 Å². The normalized spacial score (nSPS) is 15.4. The minimum absolute atomic E-state index is 2.16. The van der Waals surface area contributed by atoms with E-state index in [9.17, 15) is 44.3 Å². The Morgan fingerprint density at radius 1 is 0.750 bits per heavy atom. The fraction of sp³-hybridized carbons (Fsp3) is 0.833. The van der Waals surface area contributed by atoms with E-state index in [0.717, 1.165) is 0 Å². The van der Waals surface area contributed by atoms with Gasteiger partial charge in [0.25, 0.3) is 0 Å². The number of Topliss-reactive ketones (excluding diaryl/α,β-unsaturated/α-hetero) is 1. The molecule has 0 amide bonds. The molecule has 0 N–H and O–H groups in total. The highest BCUT2D eigenvalue weighted by Crippen LogP contribution is 2.52. The third-order valence-corrected chi connectivity index (χ3v) is 2.18. The summed E-state index contributed by atoms with van der Waals surface area (Å²) >= 11 is 11.4. The van der Waals surface area contributed by atoms with E-state index in [2.05, 4.69) is 39.5 Å². The molecule has 0 fully saturated rings. The predicted molar refractivity (Wildman–Crippen MR) is 47.3 cm³/mol. The molecule has 0 radical (unpaired) electrons. The number of hydrogen-bond donors (Lipinski definition) is 0. The van der Waals surface area contributed by atoms with Crippen molar-refractivity contribution in [3.63, 3.8) is 0 Å². The molecule has 120 valence electrons. The number of carbonyl (C=O) groups is 1. The maximum atomic E-state index is 13.1.